The number of hydrogen-bond donors (Lipinski definition) is 4. The standard InChI is InChI=1S/C23H19N3O7S2/c27-16(10-12-6-4-5-9-14(12)21(29)30)25-17-19(28)26-18(22(31)32)15(11-34-20(17)26)24-23(33)35-13-7-2-1-3-8-13/h1-9,17,20H,10-11H2,(H,24,33)(H,25,27)(H,29,30)(H,31,32)/t17?,20-/m1/s1. The van der Waals surface area contributed by atoms with Crippen molar-refractivity contribution in [3.8, 4) is 0 Å². The van der Waals surface area contributed by atoms with Crippen molar-refractivity contribution < 1.29 is 34.2 Å². The zero-order valence-electron chi connectivity index (χ0n) is 18.0. The van der Waals surface area contributed by atoms with Gasteiger partial charge in [-0.3, -0.25) is 19.3 Å². The molecule has 4 N–H and O–H groups in total. The minimum atomic E-state index is -1.37. The van der Waals surface area contributed by atoms with Crippen LogP contribution in [0.15, 0.2) is 70.9 Å². The number of β-lactam (4-membered cyclic amide) rings is 1. The van der Waals surface area contributed by atoms with Crippen LogP contribution in [0.25, 0.3) is 0 Å². The summed E-state index contributed by atoms with van der Waals surface area (Å²) in [6.07, 6.45) is -0.247. The Morgan fingerprint density at radius 1 is 1.00 bits per heavy atom. The van der Waals surface area contributed by atoms with Gasteiger partial charge >= 0.3 is 11.9 Å². The van der Waals surface area contributed by atoms with Gasteiger partial charge in [0.25, 0.3) is 11.1 Å². The smallest absolute Gasteiger partial charge is 0.354 e. The highest BCUT2D eigenvalue weighted by molar-refractivity contribution is 8.13. The zero-order chi connectivity index (χ0) is 25.1. The molecule has 1 fully saturated rings. The molecule has 0 bridgehead atoms. The fourth-order valence-corrected chi connectivity index (χ4v) is 5.70. The summed E-state index contributed by atoms with van der Waals surface area (Å²) >= 11 is 2.11. The van der Waals surface area contributed by atoms with Gasteiger partial charge in [-0.1, -0.05) is 36.4 Å². The Kier molecular flexibility index (Phi) is 7.12. The van der Waals surface area contributed by atoms with Crippen molar-refractivity contribution in [3.63, 3.8) is 0 Å². The maximum Gasteiger partial charge on any atom is 0.354 e. The van der Waals surface area contributed by atoms with E-state index < -0.39 is 40.4 Å². The average Bonchev–Trinajstić information content (AvgIpc) is 2.82. The van der Waals surface area contributed by atoms with Crippen LogP contribution in [0.2, 0.25) is 0 Å². The van der Waals surface area contributed by atoms with Crippen molar-refractivity contribution in [1.29, 1.82) is 0 Å². The molecule has 2 aromatic carbocycles. The van der Waals surface area contributed by atoms with Crippen molar-refractivity contribution in [2.75, 3.05) is 5.75 Å². The third-order valence-corrected chi connectivity index (χ3v) is 7.37. The second kappa shape index (κ2) is 10.2. The van der Waals surface area contributed by atoms with Gasteiger partial charge in [-0.2, -0.15) is 0 Å². The first-order valence-electron chi connectivity index (χ1n) is 10.3. The third-order valence-electron chi connectivity index (χ3n) is 5.29. The van der Waals surface area contributed by atoms with E-state index >= 15 is 0 Å². The number of aliphatic carboxylic acids is 1. The van der Waals surface area contributed by atoms with Crippen LogP contribution < -0.4 is 10.6 Å². The van der Waals surface area contributed by atoms with Gasteiger partial charge < -0.3 is 20.8 Å². The molecule has 1 saturated heterocycles. The molecule has 2 aliphatic heterocycles. The van der Waals surface area contributed by atoms with Crippen LogP contribution in [-0.4, -0.2) is 61.3 Å². The van der Waals surface area contributed by atoms with Crippen LogP contribution >= 0.6 is 23.5 Å². The first kappa shape index (κ1) is 24.4. The number of carbonyl (C=O) groups excluding carboxylic acids is 3. The zero-order valence-corrected chi connectivity index (χ0v) is 19.6. The van der Waals surface area contributed by atoms with Gasteiger partial charge in [0.2, 0.25) is 5.91 Å². The van der Waals surface area contributed by atoms with E-state index in [9.17, 15) is 34.2 Å². The summed E-state index contributed by atoms with van der Waals surface area (Å²) in [5.41, 5.74) is 0.0498. The van der Waals surface area contributed by atoms with Crippen molar-refractivity contribution >= 4 is 52.5 Å². The molecule has 2 aliphatic rings. The highest BCUT2D eigenvalue weighted by Gasteiger charge is 2.54. The number of hydrogen-bond acceptors (Lipinski definition) is 7. The van der Waals surface area contributed by atoms with Crippen LogP contribution in [0.3, 0.4) is 0 Å². The maximum absolute atomic E-state index is 12.8. The number of aromatic carboxylic acids is 1. The van der Waals surface area contributed by atoms with Crippen molar-refractivity contribution in [2.45, 2.75) is 22.7 Å². The lowest BCUT2D eigenvalue weighted by atomic mass is 10.0. The fourth-order valence-electron chi connectivity index (χ4n) is 3.74. The predicted octanol–water partition coefficient (Wildman–Crippen LogP) is 2.13. The summed E-state index contributed by atoms with van der Waals surface area (Å²) in [6.45, 7) is 0. The SMILES string of the molecule is O=C(Cc1ccccc1C(=O)O)NC1C(=O)N2C(C(=O)O)=C(NC(=O)Sc3ccccc3)CS[C@H]12. The van der Waals surface area contributed by atoms with Crippen LogP contribution in [0.5, 0.6) is 0 Å². The molecule has 3 amide bonds. The van der Waals surface area contributed by atoms with E-state index in [1.54, 1.807) is 42.5 Å². The van der Waals surface area contributed by atoms with Gasteiger partial charge in [0.1, 0.15) is 11.4 Å². The molecule has 10 nitrogen and oxygen atoms in total. The molecule has 180 valence electrons. The second-order valence-electron chi connectivity index (χ2n) is 7.55. The first-order valence-corrected chi connectivity index (χ1v) is 12.2. The van der Waals surface area contributed by atoms with E-state index in [1.165, 1.54) is 23.9 Å². The normalized spacial score (nSPS) is 18.9. The second-order valence-corrected chi connectivity index (χ2v) is 9.71. The van der Waals surface area contributed by atoms with Crippen LogP contribution in [0.4, 0.5) is 4.79 Å². The van der Waals surface area contributed by atoms with Gasteiger partial charge in [0.15, 0.2) is 5.70 Å². The number of benzene rings is 2. The molecule has 0 radical (unpaired) electrons. The summed E-state index contributed by atoms with van der Waals surface area (Å²) in [5.74, 6) is -3.61. The Morgan fingerprint density at radius 3 is 2.37 bits per heavy atom. The molecule has 4 rings (SSSR count). The molecule has 0 aromatic heterocycles. The molecule has 0 saturated carbocycles. The fraction of sp³-hybridized carbons (Fsp3) is 0.174. The number of thioether (sulfide) groups is 2. The lowest BCUT2D eigenvalue weighted by molar-refractivity contribution is -0.150. The summed E-state index contributed by atoms with van der Waals surface area (Å²) < 4.78 is 0. The Balaban J connectivity index is 1.44. The molecule has 2 aromatic rings. The maximum atomic E-state index is 12.8. The number of rotatable bonds is 7. The highest BCUT2D eigenvalue weighted by Crippen LogP contribution is 2.40. The summed E-state index contributed by atoms with van der Waals surface area (Å²) in [7, 11) is 0. The highest BCUT2D eigenvalue weighted by atomic mass is 32.2. The van der Waals surface area contributed by atoms with Crippen molar-refractivity contribution in [2.24, 2.45) is 0 Å². The van der Waals surface area contributed by atoms with Gasteiger partial charge in [0, 0.05) is 10.6 Å². The van der Waals surface area contributed by atoms with E-state index in [0.717, 1.165) is 16.7 Å². The largest absolute Gasteiger partial charge is 0.478 e. The molecular weight excluding hydrogens is 494 g/mol. The molecule has 12 heteroatoms. The topological polar surface area (TPSA) is 153 Å². The molecule has 1 unspecified atom stereocenters. The Hall–Kier alpha value is -3.77. The number of carboxylic acid groups (broad SMARTS) is 2. The van der Waals surface area contributed by atoms with E-state index in [-0.39, 0.29) is 29.1 Å². The number of nitrogens with one attached hydrogen (secondary N) is 2. The molecule has 2 heterocycles. The molecule has 0 spiro atoms. The molecule has 2 atom stereocenters. The van der Waals surface area contributed by atoms with Gasteiger partial charge in [-0.25, -0.2) is 9.59 Å². The average molecular weight is 514 g/mol. The number of amides is 3. The lowest BCUT2D eigenvalue weighted by Gasteiger charge is -2.49. The lowest BCUT2D eigenvalue weighted by Crippen LogP contribution is -2.71. The Bertz CT molecular complexity index is 1250. The minimum absolute atomic E-state index is 0.0129. The minimum Gasteiger partial charge on any atom is -0.478 e. The van der Waals surface area contributed by atoms with Gasteiger partial charge in [-0.15, -0.1) is 11.8 Å². The Labute approximate surface area is 207 Å². The monoisotopic (exact) mass is 513 g/mol. The van der Waals surface area contributed by atoms with E-state index in [2.05, 4.69) is 10.6 Å². The van der Waals surface area contributed by atoms with Gasteiger partial charge in [0.05, 0.1) is 17.7 Å². The quantitative estimate of drug-likeness (QED) is 0.322. The van der Waals surface area contributed by atoms with E-state index in [1.807, 2.05) is 0 Å². The summed E-state index contributed by atoms with van der Waals surface area (Å²) in [6, 6.07) is 13.9. The van der Waals surface area contributed by atoms with Crippen LogP contribution in [0, 0.1) is 0 Å². The summed E-state index contributed by atoms with van der Waals surface area (Å²) in [4.78, 5) is 62.8. The van der Waals surface area contributed by atoms with Crippen molar-refractivity contribution in [3.05, 3.63) is 77.1 Å². The van der Waals surface area contributed by atoms with Gasteiger partial charge in [-0.05, 0) is 35.5 Å². The number of fused-ring (bicyclic) bond motifs is 1. The first-order chi connectivity index (χ1) is 16.8. The number of nitrogens with zero attached hydrogens (tertiary/aromatic N) is 1. The predicted molar refractivity (Wildman–Crippen MR) is 128 cm³/mol. The van der Waals surface area contributed by atoms with Crippen LogP contribution in [-0.2, 0) is 20.8 Å². The van der Waals surface area contributed by atoms with E-state index in [0.29, 0.717) is 10.5 Å². The van der Waals surface area contributed by atoms with Crippen molar-refractivity contribution in [1.82, 2.24) is 15.5 Å². The van der Waals surface area contributed by atoms with Crippen LogP contribution in [0.1, 0.15) is 15.9 Å². The Morgan fingerprint density at radius 2 is 1.69 bits per heavy atom. The third kappa shape index (κ3) is 5.17. The van der Waals surface area contributed by atoms with E-state index in [4.69, 9.17) is 0 Å². The molecule has 0 aliphatic carbocycles. The molecule has 35 heavy (non-hydrogen) atoms. The summed E-state index contributed by atoms with van der Waals surface area (Å²) in [5, 5.41) is 23.0. The molecular formula is C23H19N3O7S2. The number of carboxylic acids is 2. The number of carbonyl (C=O) groups is 5.